The van der Waals surface area contributed by atoms with Crippen LogP contribution in [0.2, 0.25) is 0 Å². The topological polar surface area (TPSA) is 149 Å². The zero-order valence-corrected chi connectivity index (χ0v) is 9.94. The van der Waals surface area contributed by atoms with E-state index in [0.29, 0.717) is 0 Å². The van der Waals surface area contributed by atoms with Crippen LogP contribution in [0.3, 0.4) is 0 Å². The Morgan fingerprint density at radius 1 is 0.789 bits per heavy atom. The Bertz CT molecular complexity index is 301. The van der Waals surface area contributed by atoms with E-state index in [2.05, 4.69) is 0 Å². The first-order valence-corrected chi connectivity index (χ1v) is 5.90. The average Bonchev–Trinajstić information content (AvgIpc) is 2.83. The molecule has 0 aromatic rings. The molecular formula is C10H18O9. The van der Waals surface area contributed by atoms with Gasteiger partial charge in [-0.15, -0.1) is 0 Å². The highest BCUT2D eigenvalue weighted by molar-refractivity contribution is 4.91. The number of rotatable bonds is 4. The van der Waals surface area contributed by atoms with Crippen molar-refractivity contribution in [1.29, 1.82) is 0 Å². The maximum Gasteiger partial charge on any atom is 0.187 e. The molecule has 9 nitrogen and oxygen atoms in total. The summed E-state index contributed by atoms with van der Waals surface area (Å²) >= 11 is 0. The molecule has 19 heavy (non-hydrogen) atoms. The molecule has 112 valence electrons. The van der Waals surface area contributed by atoms with E-state index < -0.39 is 62.4 Å². The molecule has 0 amide bonds. The van der Waals surface area contributed by atoms with Gasteiger partial charge in [0.1, 0.15) is 36.6 Å². The van der Waals surface area contributed by atoms with E-state index in [1.54, 1.807) is 0 Å². The van der Waals surface area contributed by atoms with Crippen LogP contribution < -0.4 is 0 Å². The first kappa shape index (κ1) is 15.0. The molecule has 0 aliphatic carbocycles. The van der Waals surface area contributed by atoms with Gasteiger partial charge in [-0.2, -0.15) is 0 Å². The monoisotopic (exact) mass is 282 g/mol. The molecule has 8 atom stereocenters. The van der Waals surface area contributed by atoms with Gasteiger partial charge in [0.15, 0.2) is 12.6 Å². The van der Waals surface area contributed by atoms with Gasteiger partial charge in [0.2, 0.25) is 0 Å². The zero-order chi connectivity index (χ0) is 14.2. The average molecular weight is 282 g/mol. The fraction of sp³-hybridized carbons (Fsp3) is 1.00. The fourth-order valence-corrected chi connectivity index (χ4v) is 2.17. The van der Waals surface area contributed by atoms with Crippen molar-refractivity contribution in [2.24, 2.45) is 0 Å². The van der Waals surface area contributed by atoms with E-state index in [9.17, 15) is 20.4 Å². The van der Waals surface area contributed by atoms with E-state index in [4.69, 9.17) is 24.4 Å². The molecule has 0 bridgehead atoms. The third kappa shape index (κ3) is 2.75. The van der Waals surface area contributed by atoms with Crippen molar-refractivity contribution in [3.05, 3.63) is 0 Å². The molecule has 2 aliphatic heterocycles. The SMILES string of the molecule is OC[C@H]1O[C@H](O[C@H]2[C@H](O)[C@@H](O)O[C@@H]2CO)[C@@H](O)[C@H]1O. The minimum atomic E-state index is -1.51. The lowest BCUT2D eigenvalue weighted by atomic mass is 10.1. The molecule has 0 spiro atoms. The second kappa shape index (κ2) is 5.95. The maximum atomic E-state index is 9.67. The van der Waals surface area contributed by atoms with Gasteiger partial charge in [0.05, 0.1) is 13.2 Å². The molecule has 0 aromatic heterocycles. The van der Waals surface area contributed by atoms with Gasteiger partial charge in [-0.05, 0) is 0 Å². The second-order valence-electron chi connectivity index (χ2n) is 4.55. The van der Waals surface area contributed by atoms with E-state index >= 15 is 0 Å². The molecule has 0 unspecified atom stereocenters. The summed E-state index contributed by atoms with van der Waals surface area (Å²) in [4.78, 5) is 0. The highest BCUT2D eigenvalue weighted by Gasteiger charge is 2.49. The molecule has 0 radical (unpaired) electrons. The fourth-order valence-electron chi connectivity index (χ4n) is 2.17. The number of ether oxygens (including phenoxy) is 3. The number of aliphatic hydroxyl groups is 6. The van der Waals surface area contributed by atoms with Gasteiger partial charge >= 0.3 is 0 Å². The smallest absolute Gasteiger partial charge is 0.187 e. The van der Waals surface area contributed by atoms with Crippen molar-refractivity contribution in [3.8, 4) is 0 Å². The predicted octanol–water partition coefficient (Wildman–Crippen LogP) is -4.12. The van der Waals surface area contributed by atoms with Crippen LogP contribution in [0.25, 0.3) is 0 Å². The predicted molar refractivity (Wildman–Crippen MR) is 56.6 cm³/mol. The van der Waals surface area contributed by atoms with Gasteiger partial charge < -0.3 is 44.8 Å². The molecule has 2 fully saturated rings. The third-order valence-corrected chi connectivity index (χ3v) is 3.28. The molecule has 9 heteroatoms. The van der Waals surface area contributed by atoms with E-state index in [-0.39, 0.29) is 0 Å². The van der Waals surface area contributed by atoms with Crippen LogP contribution in [-0.2, 0) is 14.2 Å². The molecule has 2 rings (SSSR count). The molecule has 0 saturated carbocycles. The molecule has 2 heterocycles. The molecule has 6 N–H and O–H groups in total. The third-order valence-electron chi connectivity index (χ3n) is 3.28. The van der Waals surface area contributed by atoms with Crippen LogP contribution in [0.5, 0.6) is 0 Å². The Kier molecular flexibility index (Phi) is 4.71. The van der Waals surface area contributed by atoms with Gasteiger partial charge in [0, 0.05) is 0 Å². The lowest BCUT2D eigenvalue weighted by molar-refractivity contribution is -0.215. The Morgan fingerprint density at radius 3 is 1.95 bits per heavy atom. The normalized spacial score (nSPS) is 50.8. The highest BCUT2D eigenvalue weighted by atomic mass is 16.7. The Balaban J connectivity index is 2.00. The van der Waals surface area contributed by atoms with Gasteiger partial charge in [-0.3, -0.25) is 0 Å². The zero-order valence-electron chi connectivity index (χ0n) is 9.94. The highest BCUT2D eigenvalue weighted by Crippen LogP contribution is 2.28. The summed E-state index contributed by atoms with van der Waals surface area (Å²) in [5.41, 5.74) is 0. The van der Waals surface area contributed by atoms with Crippen LogP contribution in [0, 0.1) is 0 Å². The van der Waals surface area contributed by atoms with Gasteiger partial charge in [-0.1, -0.05) is 0 Å². The Morgan fingerprint density at radius 2 is 1.42 bits per heavy atom. The lowest BCUT2D eigenvalue weighted by Crippen LogP contribution is -2.43. The summed E-state index contributed by atoms with van der Waals surface area (Å²) in [6.07, 6.45) is -10.1. The van der Waals surface area contributed by atoms with Crippen LogP contribution in [0.15, 0.2) is 0 Å². The minimum absolute atomic E-state index is 0.506. The number of hydrogen-bond acceptors (Lipinski definition) is 9. The van der Waals surface area contributed by atoms with E-state index in [1.807, 2.05) is 0 Å². The summed E-state index contributed by atoms with van der Waals surface area (Å²) in [6.45, 7) is -1.01. The Hall–Kier alpha value is -0.360. The largest absolute Gasteiger partial charge is 0.394 e. The van der Waals surface area contributed by atoms with Crippen molar-refractivity contribution in [3.63, 3.8) is 0 Å². The summed E-state index contributed by atoms with van der Waals surface area (Å²) in [6, 6.07) is 0. The van der Waals surface area contributed by atoms with E-state index in [1.165, 1.54) is 0 Å². The van der Waals surface area contributed by atoms with Crippen LogP contribution in [0.1, 0.15) is 0 Å². The first-order valence-electron chi connectivity index (χ1n) is 5.90. The van der Waals surface area contributed by atoms with Crippen LogP contribution in [0.4, 0.5) is 0 Å². The number of hydrogen-bond donors (Lipinski definition) is 6. The second-order valence-corrected chi connectivity index (χ2v) is 4.55. The lowest BCUT2D eigenvalue weighted by Gasteiger charge is -2.24. The minimum Gasteiger partial charge on any atom is -0.394 e. The summed E-state index contributed by atoms with van der Waals surface area (Å²) < 4.78 is 15.1. The summed E-state index contributed by atoms with van der Waals surface area (Å²) in [7, 11) is 0. The van der Waals surface area contributed by atoms with Gasteiger partial charge in [0.25, 0.3) is 0 Å². The van der Waals surface area contributed by atoms with Crippen molar-refractivity contribution in [2.45, 2.75) is 49.2 Å². The van der Waals surface area contributed by atoms with Crippen molar-refractivity contribution < 1.29 is 44.8 Å². The Labute approximate surface area is 108 Å². The van der Waals surface area contributed by atoms with Gasteiger partial charge in [-0.25, -0.2) is 0 Å². The number of aliphatic hydroxyl groups excluding tert-OH is 6. The van der Waals surface area contributed by atoms with Crippen LogP contribution >= 0.6 is 0 Å². The quantitative estimate of drug-likeness (QED) is 0.302. The van der Waals surface area contributed by atoms with Crippen molar-refractivity contribution in [2.75, 3.05) is 13.2 Å². The van der Waals surface area contributed by atoms with Crippen molar-refractivity contribution >= 4 is 0 Å². The summed E-state index contributed by atoms with van der Waals surface area (Å²) in [5.74, 6) is 0. The summed E-state index contributed by atoms with van der Waals surface area (Å²) in [5, 5.41) is 56.1. The molecule has 0 aromatic carbocycles. The first-order chi connectivity index (χ1) is 8.99. The maximum absolute atomic E-state index is 9.67. The van der Waals surface area contributed by atoms with Crippen LogP contribution in [-0.4, -0.2) is 93.1 Å². The molecule has 2 saturated heterocycles. The standard InChI is InChI=1S/C10H18O9/c11-1-3-5(13)6(14)10(18-3)19-8-4(2-12)17-9(16)7(8)15/h3-16H,1-2H2/t3-,4-,5+,6+,7+,8-,9+,10-/m1/s1. The van der Waals surface area contributed by atoms with Crippen molar-refractivity contribution in [1.82, 2.24) is 0 Å². The molecule has 2 aliphatic rings. The van der Waals surface area contributed by atoms with E-state index in [0.717, 1.165) is 0 Å². The molecular weight excluding hydrogens is 264 g/mol.